The van der Waals surface area contributed by atoms with E-state index in [4.69, 9.17) is 0 Å². The molecule has 1 heteroatoms. The Labute approximate surface area is 92.9 Å². The number of aryl methyl sites for hydroxylation is 1. The van der Waals surface area contributed by atoms with Crippen LogP contribution >= 0.6 is 0 Å². The zero-order valence-corrected chi connectivity index (χ0v) is 10.0. The summed E-state index contributed by atoms with van der Waals surface area (Å²) in [6.45, 7) is 4.57. The third-order valence-electron chi connectivity index (χ3n) is 3.55. The lowest BCUT2D eigenvalue weighted by Crippen LogP contribution is -2.25. The van der Waals surface area contributed by atoms with Gasteiger partial charge >= 0.3 is 0 Å². The van der Waals surface area contributed by atoms with Crippen LogP contribution in [0, 0.1) is 5.92 Å². The number of hydrogen-bond donors (Lipinski definition) is 1. The van der Waals surface area contributed by atoms with Crippen LogP contribution in [0.25, 0.3) is 0 Å². The van der Waals surface area contributed by atoms with Gasteiger partial charge in [0.2, 0.25) is 0 Å². The second-order valence-electron chi connectivity index (χ2n) is 4.77. The maximum absolute atomic E-state index is 3.44. The fourth-order valence-electron chi connectivity index (χ4n) is 2.64. The van der Waals surface area contributed by atoms with Gasteiger partial charge in [0, 0.05) is 6.04 Å². The SMILES string of the molecule is CCc1ccc2c(c1)C(NC)CC(C)C2. The molecule has 0 bridgehead atoms. The molecular formula is C14H21N. The van der Waals surface area contributed by atoms with E-state index < -0.39 is 0 Å². The van der Waals surface area contributed by atoms with Crippen molar-refractivity contribution in [2.45, 2.75) is 39.2 Å². The molecule has 82 valence electrons. The molecule has 2 atom stereocenters. The number of benzene rings is 1. The maximum Gasteiger partial charge on any atom is 0.0323 e. The summed E-state index contributed by atoms with van der Waals surface area (Å²) in [5.74, 6) is 0.808. The average molecular weight is 203 g/mol. The standard InChI is InChI=1S/C14H21N/c1-4-11-5-6-12-7-10(2)8-14(15-3)13(12)9-11/h5-6,9-10,14-15H,4,7-8H2,1-3H3. The van der Waals surface area contributed by atoms with Gasteiger partial charge in [-0.1, -0.05) is 32.0 Å². The first-order valence-corrected chi connectivity index (χ1v) is 6.03. The molecule has 1 aromatic rings. The van der Waals surface area contributed by atoms with E-state index in [0.717, 1.165) is 12.3 Å². The highest BCUT2D eigenvalue weighted by Crippen LogP contribution is 2.33. The molecule has 0 saturated heterocycles. The number of fused-ring (bicyclic) bond motifs is 1. The van der Waals surface area contributed by atoms with Crippen LogP contribution in [0.5, 0.6) is 0 Å². The van der Waals surface area contributed by atoms with E-state index in [1.54, 1.807) is 5.56 Å². The minimum absolute atomic E-state index is 0.565. The first kappa shape index (κ1) is 10.7. The second-order valence-corrected chi connectivity index (χ2v) is 4.77. The molecule has 0 fully saturated rings. The summed E-state index contributed by atoms with van der Waals surface area (Å²) in [4.78, 5) is 0. The van der Waals surface area contributed by atoms with Crippen LogP contribution in [0.1, 0.15) is 43.0 Å². The van der Waals surface area contributed by atoms with Crippen LogP contribution in [-0.2, 0) is 12.8 Å². The van der Waals surface area contributed by atoms with Gasteiger partial charge in [0.25, 0.3) is 0 Å². The summed E-state index contributed by atoms with van der Waals surface area (Å²) in [6, 6.07) is 7.57. The average Bonchev–Trinajstić information content (AvgIpc) is 2.27. The Balaban J connectivity index is 2.38. The van der Waals surface area contributed by atoms with Crippen molar-refractivity contribution in [2.75, 3.05) is 7.05 Å². The van der Waals surface area contributed by atoms with Crippen molar-refractivity contribution in [3.8, 4) is 0 Å². The lowest BCUT2D eigenvalue weighted by Gasteiger charge is -2.30. The molecule has 15 heavy (non-hydrogen) atoms. The van der Waals surface area contributed by atoms with Gasteiger partial charge in [-0.3, -0.25) is 0 Å². The summed E-state index contributed by atoms with van der Waals surface area (Å²) in [5, 5.41) is 3.44. The van der Waals surface area contributed by atoms with E-state index in [0.29, 0.717) is 6.04 Å². The van der Waals surface area contributed by atoms with Crippen LogP contribution in [0.4, 0.5) is 0 Å². The zero-order valence-electron chi connectivity index (χ0n) is 10.0. The lowest BCUT2D eigenvalue weighted by atomic mass is 9.81. The van der Waals surface area contributed by atoms with Crippen LogP contribution in [0.2, 0.25) is 0 Å². The molecule has 2 rings (SSSR count). The van der Waals surface area contributed by atoms with Crippen LogP contribution in [-0.4, -0.2) is 7.05 Å². The molecule has 2 unspecified atom stereocenters. The summed E-state index contributed by atoms with van der Waals surface area (Å²) >= 11 is 0. The minimum atomic E-state index is 0.565. The molecule has 1 nitrogen and oxygen atoms in total. The highest BCUT2D eigenvalue weighted by atomic mass is 14.9. The minimum Gasteiger partial charge on any atom is -0.313 e. The summed E-state index contributed by atoms with van der Waals surface area (Å²) < 4.78 is 0. The van der Waals surface area contributed by atoms with Gasteiger partial charge in [-0.2, -0.15) is 0 Å². The van der Waals surface area contributed by atoms with Gasteiger partial charge in [0.05, 0.1) is 0 Å². The zero-order chi connectivity index (χ0) is 10.8. The van der Waals surface area contributed by atoms with E-state index in [1.165, 1.54) is 24.0 Å². The Morgan fingerprint density at radius 2 is 2.20 bits per heavy atom. The Morgan fingerprint density at radius 3 is 2.87 bits per heavy atom. The molecule has 0 aliphatic heterocycles. The summed E-state index contributed by atoms with van der Waals surface area (Å²) in [6.07, 6.45) is 3.66. The Morgan fingerprint density at radius 1 is 1.40 bits per heavy atom. The second kappa shape index (κ2) is 4.36. The maximum atomic E-state index is 3.44. The van der Waals surface area contributed by atoms with Gasteiger partial charge in [-0.25, -0.2) is 0 Å². The Hall–Kier alpha value is -0.820. The van der Waals surface area contributed by atoms with Crippen molar-refractivity contribution in [1.29, 1.82) is 0 Å². The number of rotatable bonds is 2. The van der Waals surface area contributed by atoms with Crippen LogP contribution < -0.4 is 5.32 Å². The Bertz CT molecular complexity index is 343. The first-order chi connectivity index (χ1) is 7.24. The number of hydrogen-bond acceptors (Lipinski definition) is 1. The van der Waals surface area contributed by atoms with E-state index in [9.17, 15) is 0 Å². The Kier molecular flexibility index (Phi) is 3.11. The van der Waals surface area contributed by atoms with Gasteiger partial charge in [-0.05, 0) is 48.9 Å². The van der Waals surface area contributed by atoms with Crippen molar-refractivity contribution in [3.63, 3.8) is 0 Å². The smallest absolute Gasteiger partial charge is 0.0323 e. The first-order valence-electron chi connectivity index (χ1n) is 6.03. The van der Waals surface area contributed by atoms with E-state index >= 15 is 0 Å². The molecule has 1 aliphatic rings. The lowest BCUT2D eigenvalue weighted by molar-refractivity contribution is 0.399. The van der Waals surface area contributed by atoms with E-state index in [1.807, 2.05) is 0 Å². The molecule has 1 N–H and O–H groups in total. The van der Waals surface area contributed by atoms with Crippen molar-refractivity contribution in [1.82, 2.24) is 5.32 Å². The number of nitrogens with one attached hydrogen (secondary N) is 1. The summed E-state index contributed by atoms with van der Waals surface area (Å²) in [5.41, 5.74) is 4.55. The highest BCUT2D eigenvalue weighted by Gasteiger charge is 2.23. The van der Waals surface area contributed by atoms with Gasteiger partial charge in [0.1, 0.15) is 0 Å². The molecule has 0 saturated carbocycles. The molecule has 0 radical (unpaired) electrons. The van der Waals surface area contributed by atoms with Crippen LogP contribution in [0.3, 0.4) is 0 Å². The van der Waals surface area contributed by atoms with Gasteiger partial charge in [0.15, 0.2) is 0 Å². The fourth-order valence-corrected chi connectivity index (χ4v) is 2.64. The molecular weight excluding hydrogens is 182 g/mol. The summed E-state index contributed by atoms with van der Waals surface area (Å²) in [7, 11) is 2.07. The molecule has 0 amide bonds. The highest BCUT2D eigenvalue weighted by molar-refractivity contribution is 5.36. The third kappa shape index (κ3) is 2.07. The molecule has 1 aromatic carbocycles. The van der Waals surface area contributed by atoms with E-state index in [2.05, 4.69) is 44.4 Å². The fraction of sp³-hybridized carbons (Fsp3) is 0.571. The third-order valence-corrected chi connectivity index (χ3v) is 3.55. The molecule has 0 spiro atoms. The van der Waals surface area contributed by atoms with Crippen molar-refractivity contribution in [2.24, 2.45) is 5.92 Å². The van der Waals surface area contributed by atoms with Crippen molar-refractivity contribution < 1.29 is 0 Å². The largest absolute Gasteiger partial charge is 0.313 e. The van der Waals surface area contributed by atoms with Gasteiger partial charge < -0.3 is 5.32 Å². The van der Waals surface area contributed by atoms with Crippen LogP contribution in [0.15, 0.2) is 18.2 Å². The molecule has 0 heterocycles. The van der Waals surface area contributed by atoms with Crippen molar-refractivity contribution >= 4 is 0 Å². The normalized spacial score (nSPS) is 25.0. The monoisotopic (exact) mass is 203 g/mol. The quantitative estimate of drug-likeness (QED) is 0.779. The molecule has 0 aromatic heterocycles. The predicted octanol–water partition coefficient (Wildman–Crippen LogP) is 3.09. The van der Waals surface area contributed by atoms with Gasteiger partial charge in [-0.15, -0.1) is 0 Å². The molecule has 1 aliphatic carbocycles. The van der Waals surface area contributed by atoms with E-state index in [-0.39, 0.29) is 0 Å². The van der Waals surface area contributed by atoms with Crippen molar-refractivity contribution in [3.05, 3.63) is 34.9 Å². The topological polar surface area (TPSA) is 12.0 Å². The predicted molar refractivity (Wildman–Crippen MR) is 65.1 cm³/mol.